The Labute approximate surface area is 124 Å². The molecular weight excluding hydrogens is 288 g/mol. The van der Waals surface area contributed by atoms with Crippen LogP contribution in [0.25, 0.3) is 20.7 Å². The van der Waals surface area contributed by atoms with Crippen molar-refractivity contribution in [3.63, 3.8) is 0 Å². The summed E-state index contributed by atoms with van der Waals surface area (Å²) in [7, 11) is 0. The molecule has 21 heavy (non-hydrogen) atoms. The molecule has 6 heteroatoms. The van der Waals surface area contributed by atoms with E-state index in [0.29, 0.717) is 16.0 Å². The van der Waals surface area contributed by atoms with Crippen molar-refractivity contribution >= 4 is 27.5 Å². The Morgan fingerprint density at radius 3 is 2.71 bits per heavy atom. The lowest BCUT2D eigenvalue weighted by atomic mass is 10.2. The van der Waals surface area contributed by atoms with Gasteiger partial charge in [-0.25, -0.2) is 4.98 Å². The number of benzene rings is 1. The van der Waals surface area contributed by atoms with Crippen LogP contribution in [0.1, 0.15) is 5.82 Å². The Hall–Kier alpha value is -2.47. The zero-order valence-electron chi connectivity index (χ0n) is 11.2. The van der Waals surface area contributed by atoms with E-state index in [1.165, 1.54) is 15.9 Å². The summed E-state index contributed by atoms with van der Waals surface area (Å²) in [6.45, 7) is 1.27. The van der Waals surface area contributed by atoms with Crippen molar-refractivity contribution in [2.75, 3.05) is 0 Å². The number of carboxylic acid groups (broad SMARTS) is 1. The van der Waals surface area contributed by atoms with Crippen molar-refractivity contribution in [3.05, 3.63) is 52.6 Å². The molecule has 0 fully saturated rings. The second kappa shape index (κ2) is 5.14. The lowest BCUT2D eigenvalue weighted by molar-refractivity contribution is -0.137. The topological polar surface area (TPSA) is 72.2 Å². The van der Waals surface area contributed by atoms with Crippen LogP contribution >= 0.6 is 11.3 Å². The van der Waals surface area contributed by atoms with Gasteiger partial charge in [0, 0.05) is 4.88 Å². The first-order valence-corrected chi connectivity index (χ1v) is 7.16. The third kappa shape index (κ3) is 2.45. The Morgan fingerprint density at radius 2 is 2.05 bits per heavy atom. The van der Waals surface area contributed by atoms with Crippen molar-refractivity contribution in [1.82, 2.24) is 9.55 Å². The fourth-order valence-corrected chi connectivity index (χ4v) is 3.26. The van der Waals surface area contributed by atoms with Gasteiger partial charge in [-0.2, -0.15) is 0 Å². The summed E-state index contributed by atoms with van der Waals surface area (Å²) in [6, 6.07) is 11.5. The second-order valence-corrected chi connectivity index (χ2v) is 5.67. The number of aliphatic carboxylic acids is 1. The summed E-state index contributed by atoms with van der Waals surface area (Å²) in [5, 5.41) is 9.35. The van der Waals surface area contributed by atoms with Gasteiger partial charge in [0.1, 0.15) is 17.2 Å². The zero-order valence-corrected chi connectivity index (χ0v) is 12.1. The first kappa shape index (κ1) is 13.5. The molecule has 0 aliphatic carbocycles. The van der Waals surface area contributed by atoms with Crippen molar-refractivity contribution in [1.29, 1.82) is 0 Å². The zero-order chi connectivity index (χ0) is 15.0. The number of nitrogens with zero attached hydrogens (tertiary/aromatic N) is 2. The number of carboxylic acids is 1. The van der Waals surface area contributed by atoms with Gasteiger partial charge in [-0.3, -0.25) is 14.2 Å². The molecule has 0 amide bonds. The number of aryl methyl sites for hydroxylation is 1. The molecule has 0 radical (unpaired) electrons. The molecule has 0 unspecified atom stereocenters. The molecule has 1 N–H and O–H groups in total. The van der Waals surface area contributed by atoms with Crippen LogP contribution in [0, 0.1) is 6.92 Å². The van der Waals surface area contributed by atoms with Crippen molar-refractivity contribution in [2.24, 2.45) is 0 Å². The third-order valence-corrected chi connectivity index (χ3v) is 4.27. The van der Waals surface area contributed by atoms with Gasteiger partial charge in [0.2, 0.25) is 0 Å². The fourth-order valence-electron chi connectivity index (χ4n) is 2.18. The maximum absolute atomic E-state index is 12.4. The number of fused-ring (bicyclic) bond motifs is 1. The van der Waals surface area contributed by atoms with Crippen molar-refractivity contribution < 1.29 is 9.90 Å². The number of aromatic nitrogens is 2. The largest absolute Gasteiger partial charge is 0.480 e. The molecule has 0 atom stereocenters. The number of thiophene rings is 1. The summed E-state index contributed by atoms with van der Waals surface area (Å²) in [6.07, 6.45) is 0. The molecule has 5 nitrogen and oxygen atoms in total. The number of rotatable bonds is 3. The highest BCUT2D eigenvalue weighted by Gasteiger charge is 2.14. The molecule has 2 aromatic heterocycles. The number of hydrogen-bond acceptors (Lipinski definition) is 4. The van der Waals surface area contributed by atoms with Crippen molar-refractivity contribution in [2.45, 2.75) is 13.5 Å². The normalized spacial score (nSPS) is 10.9. The summed E-state index contributed by atoms with van der Waals surface area (Å²) in [5.74, 6) is -0.642. The molecule has 0 bridgehead atoms. The van der Waals surface area contributed by atoms with E-state index in [2.05, 4.69) is 4.98 Å². The molecular formula is C15H12N2O3S. The Bertz CT molecular complexity index is 881. The maximum atomic E-state index is 12.4. The van der Waals surface area contributed by atoms with Crippen LogP contribution in [0.3, 0.4) is 0 Å². The van der Waals surface area contributed by atoms with E-state index in [4.69, 9.17) is 5.11 Å². The Morgan fingerprint density at radius 1 is 1.33 bits per heavy atom. The van der Waals surface area contributed by atoms with E-state index < -0.39 is 5.97 Å². The third-order valence-electron chi connectivity index (χ3n) is 3.19. The fraction of sp³-hybridized carbons (Fsp3) is 0.133. The maximum Gasteiger partial charge on any atom is 0.323 e. The molecule has 3 rings (SSSR count). The van der Waals surface area contributed by atoms with Crippen molar-refractivity contribution in [3.8, 4) is 10.4 Å². The van der Waals surface area contributed by atoms with Crippen LogP contribution in [-0.4, -0.2) is 20.6 Å². The molecule has 1 aromatic carbocycles. The molecule has 0 saturated carbocycles. The summed E-state index contributed by atoms with van der Waals surface area (Å²) in [5.41, 5.74) is 0.709. The lowest BCUT2D eigenvalue weighted by Crippen LogP contribution is -2.26. The van der Waals surface area contributed by atoms with Gasteiger partial charge in [0.15, 0.2) is 0 Å². The monoisotopic (exact) mass is 300 g/mol. The Kier molecular flexibility index (Phi) is 3.31. The highest BCUT2D eigenvalue weighted by atomic mass is 32.1. The molecule has 2 heterocycles. The first-order chi connectivity index (χ1) is 10.1. The molecule has 3 aromatic rings. The standard InChI is InChI=1S/C15H12N2O3S/c1-9-16-14-11(15(20)17(9)8-13(18)19)7-12(21-14)10-5-3-2-4-6-10/h2-7H,8H2,1H3,(H,18,19). The van der Waals surface area contributed by atoms with Gasteiger partial charge in [0.25, 0.3) is 5.56 Å². The molecule has 0 aliphatic rings. The van der Waals surface area contributed by atoms with Gasteiger partial charge in [-0.15, -0.1) is 11.3 Å². The minimum absolute atomic E-state index is 0.307. The van der Waals surface area contributed by atoms with E-state index in [0.717, 1.165) is 10.4 Å². The minimum atomic E-state index is -1.06. The van der Waals surface area contributed by atoms with E-state index in [9.17, 15) is 9.59 Å². The summed E-state index contributed by atoms with van der Waals surface area (Å²) >= 11 is 1.43. The molecule has 0 spiro atoms. The van der Waals surface area contributed by atoms with E-state index >= 15 is 0 Å². The number of hydrogen-bond donors (Lipinski definition) is 1. The molecule has 0 saturated heterocycles. The van der Waals surface area contributed by atoms with Crippen LogP contribution in [0.15, 0.2) is 41.2 Å². The van der Waals surface area contributed by atoms with Gasteiger partial charge in [0.05, 0.1) is 5.39 Å². The van der Waals surface area contributed by atoms with Gasteiger partial charge < -0.3 is 5.11 Å². The predicted octanol–water partition coefficient (Wildman–Crippen LogP) is 2.52. The summed E-state index contributed by atoms with van der Waals surface area (Å²) < 4.78 is 1.19. The van der Waals surface area contributed by atoms with Crippen LogP contribution in [0.5, 0.6) is 0 Å². The van der Waals surface area contributed by atoms with Gasteiger partial charge in [-0.05, 0) is 18.6 Å². The SMILES string of the molecule is Cc1nc2sc(-c3ccccc3)cc2c(=O)n1CC(=O)O. The van der Waals surface area contributed by atoms with Gasteiger partial charge >= 0.3 is 5.97 Å². The van der Waals surface area contributed by atoms with E-state index in [-0.39, 0.29) is 12.1 Å². The average molecular weight is 300 g/mol. The average Bonchev–Trinajstić information content (AvgIpc) is 2.88. The van der Waals surface area contributed by atoms with E-state index in [1.54, 1.807) is 13.0 Å². The smallest absolute Gasteiger partial charge is 0.323 e. The second-order valence-electron chi connectivity index (χ2n) is 4.64. The quantitative estimate of drug-likeness (QED) is 0.806. The highest BCUT2D eigenvalue weighted by molar-refractivity contribution is 7.21. The first-order valence-electron chi connectivity index (χ1n) is 6.34. The highest BCUT2D eigenvalue weighted by Crippen LogP contribution is 2.30. The molecule has 106 valence electrons. The minimum Gasteiger partial charge on any atom is -0.480 e. The lowest BCUT2D eigenvalue weighted by Gasteiger charge is -2.05. The van der Waals surface area contributed by atoms with E-state index in [1.807, 2.05) is 30.3 Å². The summed E-state index contributed by atoms with van der Waals surface area (Å²) in [4.78, 5) is 29.2. The van der Waals surface area contributed by atoms with Crippen LogP contribution < -0.4 is 5.56 Å². The molecule has 0 aliphatic heterocycles. The number of carbonyl (C=O) groups is 1. The Balaban J connectivity index is 2.21. The predicted molar refractivity (Wildman–Crippen MR) is 81.7 cm³/mol. The van der Waals surface area contributed by atoms with Crippen LogP contribution in [0.2, 0.25) is 0 Å². The van der Waals surface area contributed by atoms with Crippen LogP contribution in [0.4, 0.5) is 0 Å². The van der Waals surface area contributed by atoms with Crippen LogP contribution in [-0.2, 0) is 11.3 Å². The van der Waals surface area contributed by atoms with Gasteiger partial charge in [-0.1, -0.05) is 30.3 Å².